The van der Waals surface area contributed by atoms with Crippen LogP contribution < -0.4 is 9.62 Å². The molecule has 3 aromatic carbocycles. The van der Waals surface area contributed by atoms with E-state index in [0.717, 1.165) is 38.0 Å². The van der Waals surface area contributed by atoms with E-state index in [2.05, 4.69) is 10.3 Å². The molecular weight excluding hydrogens is 469 g/mol. The van der Waals surface area contributed by atoms with E-state index in [1.807, 2.05) is 49.4 Å². The molecule has 1 saturated heterocycles. The van der Waals surface area contributed by atoms with Crippen LogP contribution in [-0.4, -0.2) is 38.4 Å². The molecule has 0 aliphatic carbocycles. The first-order valence-electron chi connectivity index (χ1n) is 11.0. The molecule has 7 nitrogen and oxygen atoms in total. The molecule has 0 unspecified atom stereocenters. The Morgan fingerprint density at radius 3 is 2.71 bits per heavy atom. The van der Waals surface area contributed by atoms with Gasteiger partial charge in [-0.2, -0.15) is 0 Å². The minimum Gasteiger partial charge on any atom is -0.362 e. The number of carbonyl (C=O) groups is 1. The van der Waals surface area contributed by atoms with E-state index in [0.29, 0.717) is 5.69 Å². The van der Waals surface area contributed by atoms with E-state index >= 15 is 0 Å². The Hall–Kier alpha value is -3.82. The number of aryl methyl sites for hydroxylation is 1. The average molecular weight is 492 g/mol. The van der Waals surface area contributed by atoms with Crippen LogP contribution in [0.2, 0.25) is 0 Å². The number of nitrogens with one attached hydrogen (secondary N) is 1. The molecule has 2 heterocycles. The van der Waals surface area contributed by atoms with Gasteiger partial charge in [-0.25, -0.2) is 12.8 Å². The monoisotopic (exact) mass is 491 g/mol. The van der Waals surface area contributed by atoms with Crippen molar-refractivity contribution in [1.82, 2.24) is 4.98 Å². The molecule has 1 aliphatic rings. The van der Waals surface area contributed by atoms with E-state index in [-0.39, 0.29) is 24.4 Å². The molecule has 9 heteroatoms. The van der Waals surface area contributed by atoms with Gasteiger partial charge in [-0.05, 0) is 54.3 Å². The van der Waals surface area contributed by atoms with Crippen LogP contribution >= 0.6 is 0 Å². The first-order valence-corrected chi connectivity index (χ1v) is 12.6. The van der Waals surface area contributed by atoms with Crippen molar-refractivity contribution in [3.05, 3.63) is 89.9 Å². The molecule has 1 aliphatic heterocycles. The summed E-state index contributed by atoms with van der Waals surface area (Å²) in [5.74, 6) is -1.91. The summed E-state index contributed by atoms with van der Waals surface area (Å²) in [6.07, 6.45) is 1.74. The summed E-state index contributed by atoms with van der Waals surface area (Å²) in [4.78, 5) is 17.4. The number of amides is 1. The van der Waals surface area contributed by atoms with Gasteiger partial charge in [-0.3, -0.25) is 14.1 Å². The van der Waals surface area contributed by atoms with Gasteiger partial charge in [0.2, 0.25) is 0 Å². The fraction of sp³-hybridized carbons (Fsp3) is 0.154. The Morgan fingerprint density at radius 1 is 1.09 bits per heavy atom. The number of sulfonamides is 1. The Kier molecular flexibility index (Phi) is 5.96. The molecule has 1 amide bonds. The Labute approximate surface area is 202 Å². The summed E-state index contributed by atoms with van der Waals surface area (Å²) >= 11 is 0. The lowest BCUT2D eigenvalue weighted by Crippen LogP contribution is -2.41. The topological polar surface area (TPSA) is 88.6 Å². The van der Waals surface area contributed by atoms with Gasteiger partial charge in [-0.15, -0.1) is 0 Å². The van der Waals surface area contributed by atoms with Crippen molar-refractivity contribution in [2.75, 3.05) is 28.7 Å². The van der Waals surface area contributed by atoms with Crippen LogP contribution in [0.5, 0.6) is 0 Å². The number of aromatic nitrogens is 1. The molecular formula is C26H22FN3O4S. The largest absolute Gasteiger partial charge is 0.362 e. The van der Waals surface area contributed by atoms with Crippen molar-refractivity contribution in [2.45, 2.75) is 6.92 Å². The maximum absolute atomic E-state index is 14.9. The van der Waals surface area contributed by atoms with E-state index in [9.17, 15) is 17.6 Å². The van der Waals surface area contributed by atoms with Crippen molar-refractivity contribution >= 4 is 38.1 Å². The fourth-order valence-corrected chi connectivity index (χ4v) is 5.38. The Morgan fingerprint density at radius 2 is 1.91 bits per heavy atom. The number of carbonyl (C=O) groups excluding carboxylic acids is 1. The minimum absolute atomic E-state index is 0.0850. The molecule has 35 heavy (non-hydrogen) atoms. The van der Waals surface area contributed by atoms with Crippen molar-refractivity contribution in [1.29, 1.82) is 0 Å². The summed E-state index contributed by atoms with van der Waals surface area (Å²) in [6, 6.07) is 19.0. The quantitative estimate of drug-likeness (QED) is 0.446. The average Bonchev–Trinajstić information content (AvgIpc) is 2.84. The van der Waals surface area contributed by atoms with Crippen LogP contribution in [0.15, 0.2) is 72.9 Å². The number of hydrogen-bond donors (Lipinski definition) is 1. The summed E-state index contributed by atoms with van der Waals surface area (Å²) in [5.41, 5.74) is 3.08. The fourth-order valence-electron chi connectivity index (χ4n) is 4.13. The number of ether oxygens (including phenoxy) is 1. The van der Waals surface area contributed by atoms with Crippen molar-refractivity contribution in [3.8, 4) is 11.3 Å². The zero-order valence-electron chi connectivity index (χ0n) is 18.9. The summed E-state index contributed by atoms with van der Waals surface area (Å²) in [6.45, 7) is 2.26. The van der Waals surface area contributed by atoms with Gasteiger partial charge in [0.05, 0.1) is 30.1 Å². The molecule has 1 aromatic heterocycles. The predicted molar refractivity (Wildman–Crippen MR) is 133 cm³/mol. The molecule has 5 rings (SSSR count). The number of nitrogens with zero attached hydrogens (tertiary/aromatic N) is 2. The summed E-state index contributed by atoms with van der Waals surface area (Å²) in [7, 11) is -3.69. The lowest BCUT2D eigenvalue weighted by Gasteiger charge is -2.28. The second-order valence-electron chi connectivity index (χ2n) is 8.24. The highest BCUT2D eigenvalue weighted by Gasteiger charge is 2.27. The third-order valence-corrected chi connectivity index (χ3v) is 7.45. The van der Waals surface area contributed by atoms with E-state index in [4.69, 9.17) is 4.74 Å². The lowest BCUT2D eigenvalue weighted by atomic mass is 9.99. The van der Waals surface area contributed by atoms with Crippen LogP contribution in [0.3, 0.4) is 0 Å². The minimum atomic E-state index is -3.69. The third-order valence-electron chi connectivity index (χ3n) is 5.92. The Bertz CT molecular complexity index is 1550. The second-order valence-corrected chi connectivity index (χ2v) is 10.1. The van der Waals surface area contributed by atoms with Crippen molar-refractivity contribution < 1.29 is 22.3 Å². The normalized spacial score (nSPS) is 15.2. The highest BCUT2D eigenvalue weighted by molar-refractivity contribution is 7.92. The SMILES string of the molecule is Cc1ccc(NC(=O)c2ccc(N3CCOCS3(=O)=O)cc2F)cc1-c1nccc2ccccc12. The number of pyridine rings is 1. The number of benzene rings is 3. The zero-order chi connectivity index (χ0) is 24.6. The number of anilines is 2. The number of hydrogen-bond acceptors (Lipinski definition) is 5. The summed E-state index contributed by atoms with van der Waals surface area (Å²) in [5, 5.41) is 4.78. The molecule has 0 bridgehead atoms. The van der Waals surface area contributed by atoms with Gasteiger partial charge in [0.25, 0.3) is 15.9 Å². The van der Waals surface area contributed by atoms with Crippen LogP contribution in [0.4, 0.5) is 15.8 Å². The van der Waals surface area contributed by atoms with Gasteiger partial charge in [-0.1, -0.05) is 30.3 Å². The first kappa shape index (κ1) is 22.9. The van der Waals surface area contributed by atoms with E-state index in [1.54, 1.807) is 12.3 Å². The van der Waals surface area contributed by atoms with Crippen LogP contribution in [-0.2, 0) is 14.8 Å². The Balaban J connectivity index is 1.43. The highest BCUT2D eigenvalue weighted by Crippen LogP contribution is 2.31. The van der Waals surface area contributed by atoms with Crippen molar-refractivity contribution in [3.63, 3.8) is 0 Å². The standard InChI is InChI=1S/C26H22FN3O4S/c1-17-6-7-19(14-23(17)25-21-5-3-2-4-18(21)10-11-28-25)29-26(31)22-9-8-20(15-24(22)27)30-12-13-34-16-35(30,32)33/h2-11,14-15H,12-13,16H2,1H3,(H,29,31). The number of rotatable bonds is 4. The smallest absolute Gasteiger partial charge is 0.259 e. The lowest BCUT2D eigenvalue weighted by molar-refractivity contribution is 0.102. The maximum atomic E-state index is 14.9. The second kappa shape index (κ2) is 9.09. The molecule has 0 spiro atoms. The van der Waals surface area contributed by atoms with Gasteiger partial charge < -0.3 is 10.1 Å². The molecule has 0 atom stereocenters. The molecule has 1 N–H and O–H groups in total. The van der Waals surface area contributed by atoms with Gasteiger partial charge >= 0.3 is 0 Å². The van der Waals surface area contributed by atoms with Crippen LogP contribution in [0, 0.1) is 12.7 Å². The van der Waals surface area contributed by atoms with E-state index < -0.39 is 27.7 Å². The van der Waals surface area contributed by atoms with Crippen molar-refractivity contribution in [2.24, 2.45) is 0 Å². The molecule has 0 radical (unpaired) electrons. The van der Waals surface area contributed by atoms with Crippen LogP contribution in [0.25, 0.3) is 22.0 Å². The number of halogens is 1. The van der Waals surface area contributed by atoms with Gasteiger partial charge in [0.1, 0.15) is 5.82 Å². The third kappa shape index (κ3) is 4.48. The molecule has 4 aromatic rings. The maximum Gasteiger partial charge on any atom is 0.259 e. The molecule has 1 fully saturated rings. The highest BCUT2D eigenvalue weighted by atomic mass is 32.2. The zero-order valence-corrected chi connectivity index (χ0v) is 19.7. The van der Waals surface area contributed by atoms with Gasteiger partial charge in [0, 0.05) is 22.8 Å². The number of fused-ring (bicyclic) bond motifs is 1. The van der Waals surface area contributed by atoms with Crippen LogP contribution in [0.1, 0.15) is 15.9 Å². The molecule has 178 valence electrons. The predicted octanol–water partition coefficient (Wildman–Crippen LogP) is 4.73. The van der Waals surface area contributed by atoms with E-state index in [1.165, 1.54) is 12.1 Å². The van der Waals surface area contributed by atoms with Gasteiger partial charge in [0.15, 0.2) is 5.94 Å². The first-order chi connectivity index (χ1) is 16.8. The molecule has 0 saturated carbocycles. The summed E-state index contributed by atoms with van der Waals surface area (Å²) < 4.78 is 45.3.